The van der Waals surface area contributed by atoms with Gasteiger partial charge in [-0.25, -0.2) is 0 Å². The second kappa shape index (κ2) is 14.0. The van der Waals surface area contributed by atoms with E-state index in [0.29, 0.717) is 45.8 Å². The lowest BCUT2D eigenvalue weighted by Crippen LogP contribution is -2.58. The van der Waals surface area contributed by atoms with Gasteiger partial charge in [0.1, 0.15) is 6.04 Å². The fourth-order valence-electron chi connectivity index (χ4n) is 7.67. The topological polar surface area (TPSA) is 93.6 Å². The zero-order valence-corrected chi connectivity index (χ0v) is 26.1. The average molecular weight is 611 g/mol. The lowest BCUT2D eigenvalue weighted by Gasteiger charge is -2.41. The molecule has 43 heavy (non-hydrogen) atoms. The first-order valence-corrected chi connectivity index (χ1v) is 16.5. The van der Waals surface area contributed by atoms with Crippen molar-refractivity contribution in [3.8, 4) is 0 Å². The molecule has 4 fully saturated rings. The molecule has 0 radical (unpaired) electrons. The third-order valence-corrected chi connectivity index (χ3v) is 11.7. The second-order valence-electron chi connectivity index (χ2n) is 12.2. The minimum absolute atomic E-state index is 0.0314. The molecule has 2 bridgehead atoms. The van der Waals surface area contributed by atoms with Gasteiger partial charge in [-0.2, -0.15) is 0 Å². The summed E-state index contributed by atoms with van der Waals surface area (Å²) in [5.41, 5.74) is 1.02. The number of aliphatic hydroxyl groups excluding tert-OH is 1. The smallest absolute Gasteiger partial charge is 0.247 e. The summed E-state index contributed by atoms with van der Waals surface area (Å²) in [5.74, 6) is -1.26. The van der Waals surface area contributed by atoms with E-state index in [-0.39, 0.29) is 42.0 Å². The summed E-state index contributed by atoms with van der Waals surface area (Å²) in [4.78, 5) is 51.0. The van der Waals surface area contributed by atoms with Gasteiger partial charge in [-0.3, -0.25) is 19.3 Å². The molecule has 1 aromatic carbocycles. The maximum Gasteiger partial charge on any atom is 0.247 e. The molecule has 0 saturated carbocycles. The Balaban J connectivity index is 1.45. The number of nitrogens with zero attached hydrogens (tertiary/aromatic N) is 4. The normalized spacial score (nSPS) is 29.9. The highest BCUT2D eigenvalue weighted by atomic mass is 32.2. The Bertz CT molecular complexity index is 1180. The maximum absolute atomic E-state index is 14.6. The van der Waals surface area contributed by atoms with E-state index in [0.717, 1.165) is 31.6 Å². The summed E-state index contributed by atoms with van der Waals surface area (Å²) in [7, 11) is 0. The summed E-state index contributed by atoms with van der Waals surface area (Å²) < 4.78 is 4.80. The van der Waals surface area contributed by atoms with Crippen molar-refractivity contribution in [2.45, 2.75) is 42.3 Å². The van der Waals surface area contributed by atoms with Crippen LogP contribution in [0.2, 0.25) is 0 Å². The van der Waals surface area contributed by atoms with Crippen LogP contribution in [0, 0.1) is 17.8 Å². The number of hydrogen-bond donors (Lipinski definition) is 1. The maximum atomic E-state index is 14.6. The van der Waals surface area contributed by atoms with Gasteiger partial charge in [0.25, 0.3) is 0 Å². The molecular formula is C33H46N4O5S. The van der Waals surface area contributed by atoms with Crippen molar-refractivity contribution in [2.75, 3.05) is 65.6 Å². The quantitative estimate of drug-likeness (QED) is 0.323. The van der Waals surface area contributed by atoms with Crippen molar-refractivity contribution < 1.29 is 24.2 Å². The second-order valence-corrected chi connectivity index (χ2v) is 13.7. The number of ether oxygens (including phenoxy) is 1. The van der Waals surface area contributed by atoms with E-state index < -0.39 is 22.6 Å². The number of benzene rings is 1. The highest BCUT2D eigenvalue weighted by molar-refractivity contribution is 8.02. The number of fused-ring (bicyclic) bond motifs is 1. The van der Waals surface area contributed by atoms with Crippen LogP contribution >= 0.6 is 11.8 Å². The Kier molecular flexibility index (Phi) is 10.3. The summed E-state index contributed by atoms with van der Waals surface area (Å²) in [5, 5.41) is 9.69. The monoisotopic (exact) mass is 610 g/mol. The number of carbonyl (C=O) groups excluding carboxylic acids is 3. The van der Waals surface area contributed by atoms with Crippen LogP contribution in [0.5, 0.6) is 0 Å². The molecular weight excluding hydrogens is 564 g/mol. The van der Waals surface area contributed by atoms with E-state index in [1.807, 2.05) is 35.2 Å². The van der Waals surface area contributed by atoms with Gasteiger partial charge < -0.3 is 24.5 Å². The van der Waals surface area contributed by atoms with Crippen LogP contribution in [0.4, 0.5) is 0 Å². The van der Waals surface area contributed by atoms with Gasteiger partial charge in [-0.15, -0.1) is 24.9 Å². The Morgan fingerprint density at radius 1 is 1.09 bits per heavy atom. The number of thioether (sulfide) groups is 1. The number of likely N-dealkylation sites (tertiary alicyclic amines) is 1. The van der Waals surface area contributed by atoms with Crippen LogP contribution in [0.15, 0.2) is 55.6 Å². The molecule has 5 rings (SSSR count). The van der Waals surface area contributed by atoms with Crippen LogP contribution in [-0.4, -0.2) is 124 Å². The van der Waals surface area contributed by atoms with E-state index in [4.69, 9.17) is 4.74 Å². The zero-order chi connectivity index (χ0) is 30.6. The van der Waals surface area contributed by atoms with E-state index >= 15 is 0 Å². The summed E-state index contributed by atoms with van der Waals surface area (Å²) >= 11 is 1.70. The van der Waals surface area contributed by atoms with Crippen molar-refractivity contribution in [2.24, 2.45) is 17.8 Å². The fourth-order valence-corrected chi connectivity index (χ4v) is 10.1. The molecule has 6 atom stereocenters. The number of amides is 3. The Labute approximate surface area is 259 Å². The fraction of sp³-hybridized carbons (Fsp3) is 0.606. The molecule has 3 amide bonds. The predicted octanol–water partition coefficient (Wildman–Crippen LogP) is 2.27. The Morgan fingerprint density at radius 3 is 2.47 bits per heavy atom. The van der Waals surface area contributed by atoms with Crippen molar-refractivity contribution in [3.05, 3.63) is 61.2 Å². The van der Waals surface area contributed by atoms with Crippen LogP contribution in [0.25, 0.3) is 0 Å². The van der Waals surface area contributed by atoms with Crippen LogP contribution < -0.4 is 0 Å². The lowest BCUT2D eigenvalue weighted by molar-refractivity contribution is -0.145. The molecule has 3 unspecified atom stereocenters. The van der Waals surface area contributed by atoms with E-state index in [1.54, 1.807) is 33.7 Å². The number of morpholine rings is 1. The van der Waals surface area contributed by atoms with Crippen molar-refractivity contribution in [1.29, 1.82) is 0 Å². The van der Waals surface area contributed by atoms with Crippen LogP contribution in [-0.2, 0) is 25.7 Å². The lowest BCUT2D eigenvalue weighted by atomic mass is 9.65. The van der Waals surface area contributed by atoms with E-state index in [1.165, 1.54) is 0 Å². The number of rotatable bonds is 14. The van der Waals surface area contributed by atoms with Gasteiger partial charge >= 0.3 is 0 Å². The van der Waals surface area contributed by atoms with Crippen molar-refractivity contribution >= 4 is 29.5 Å². The van der Waals surface area contributed by atoms with Gasteiger partial charge in [0.15, 0.2) is 0 Å². The molecule has 1 N–H and O–H groups in total. The van der Waals surface area contributed by atoms with Gasteiger partial charge in [0.2, 0.25) is 17.7 Å². The highest BCUT2D eigenvalue weighted by Crippen LogP contribution is 2.69. The van der Waals surface area contributed by atoms with Crippen LogP contribution in [0.3, 0.4) is 0 Å². The number of carbonyl (C=O) groups is 3. The largest absolute Gasteiger partial charge is 0.396 e. The van der Waals surface area contributed by atoms with Crippen molar-refractivity contribution in [1.82, 2.24) is 19.6 Å². The third kappa shape index (κ3) is 6.03. The Hall–Kier alpha value is -2.66. The average Bonchev–Trinajstić information content (AvgIpc) is 3.61. The molecule has 0 aromatic heterocycles. The minimum atomic E-state index is -0.695. The van der Waals surface area contributed by atoms with Gasteiger partial charge in [0, 0.05) is 64.2 Å². The molecule has 10 heteroatoms. The standard InChI is InChI=1S/C33H46N4O5S/c1-4-12-35(16-15-34-17-20-42-21-18-34)32(41)29-33-24(3)22-26(43-33)27(28(33)31(40)37(29)14-9-19-38)30(39)36(13-5-2)23-25-10-7-6-8-11-25/h4-8,10-11,24,26-29,38H,1-2,9,12-23H2,3H3/t24?,26-,27+,28-,29?,33?/m0/s1. The highest BCUT2D eigenvalue weighted by Gasteiger charge is 2.76. The first kappa shape index (κ1) is 31.8. The molecule has 4 aliphatic heterocycles. The molecule has 1 aromatic rings. The zero-order valence-electron chi connectivity index (χ0n) is 25.3. The molecule has 9 nitrogen and oxygen atoms in total. The molecule has 4 aliphatic rings. The SMILES string of the molecule is C=CCN(CCN1CCOCC1)C(=O)C1N(CCCO)C(=O)[C@@H]2[C@H](C(=O)N(CC=C)Cc3ccccc3)[C@@H]3CC(C)C12S3. The molecule has 1 spiro atoms. The molecule has 234 valence electrons. The third-order valence-electron chi connectivity index (χ3n) is 9.65. The van der Waals surface area contributed by atoms with Gasteiger partial charge in [0.05, 0.1) is 29.8 Å². The van der Waals surface area contributed by atoms with Crippen molar-refractivity contribution in [3.63, 3.8) is 0 Å². The minimum Gasteiger partial charge on any atom is -0.396 e. The Morgan fingerprint density at radius 2 is 1.79 bits per heavy atom. The van der Waals surface area contributed by atoms with E-state index in [2.05, 4.69) is 25.0 Å². The summed E-state index contributed by atoms with van der Waals surface area (Å²) in [6, 6.07) is 9.18. The van der Waals surface area contributed by atoms with Gasteiger partial charge in [-0.1, -0.05) is 49.4 Å². The first-order chi connectivity index (χ1) is 20.9. The van der Waals surface area contributed by atoms with Gasteiger partial charge in [-0.05, 0) is 24.3 Å². The molecule has 4 saturated heterocycles. The molecule has 0 aliphatic carbocycles. The van der Waals surface area contributed by atoms with Crippen LogP contribution in [0.1, 0.15) is 25.3 Å². The summed E-state index contributed by atoms with van der Waals surface area (Å²) in [6.45, 7) is 15.6. The summed E-state index contributed by atoms with van der Waals surface area (Å²) in [6.07, 6.45) is 4.64. The number of hydrogen-bond acceptors (Lipinski definition) is 7. The van der Waals surface area contributed by atoms with E-state index in [9.17, 15) is 19.5 Å². The predicted molar refractivity (Wildman–Crippen MR) is 168 cm³/mol. The first-order valence-electron chi connectivity index (χ1n) is 15.6. The molecule has 4 heterocycles. The number of aliphatic hydroxyl groups is 1.